The van der Waals surface area contributed by atoms with Gasteiger partial charge in [0.05, 0.1) is 31.3 Å². The van der Waals surface area contributed by atoms with Crippen molar-refractivity contribution in [2.45, 2.75) is 50.4 Å². The zero-order chi connectivity index (χ0) is 31.6. The first-order valence-corrected chi connectivity index (χ1v) is 14.5. The second kappa shape index (κ2) is 13.8. The first-order valence-electron chi connectivity index (χ1n) is 14.5. The van der Waals surface area contributed by atoms with Crippen molar-refractivity contribution >= 4 is 25.2 Å². The third-order valence-corrected chi connectivity index (χ3v) is 8.42. The summed E-state index contributed by atoms with van der Waals surface area (Å²) in [6.45, 7) is 1.46. The molecule has 5 nitrogen and oxygen atoms in total. The topological polar surface area (TPSA) is 59.0 Å². The van der Waals surface area contributed by atoms with Crippen molar-refractivity contribution in [2.24, 2.45) is 11.8 Å². The highest BCUT2D eigenvalue weighted by atomic mass is 32.1. The quantitative estimate of drug-likeness (QED) is 0.221. The summed E-state index contributed by atoms with van der Waals surface area (Å²) in [4.78, 5) is 13.3. The Morgan fingerprint density at radius 3 is 2.09 bits per heavy atom. The average molecular weight is 656 g/mol. The summed E-state index contributed by atoms with van der Waals surface area (Å²) in [5, 5.41) is 9.34. The minimum absolute atomic E-state index is 0. The molecular weight excluding hydrogens is 620 g/mol. The Kier molecular flexibility index (Phi) is 10.6. The molecule has 0 amide bonds. The highest BCUT2D eigenvalue weighted by molar-refractivity contribution is 7.59. The Hall–Kier alpha value is -3.54. The van der Waals surface area contributed by atoms with Crippen LogP contribution in [0, 0.1) is 11.8 Å². The van der Waals surface area contributed by atoms with Gasteiger partial charge in [-0.1, -0.05) is 12.1 Å². The first-order chi connectivity index (χ1) is 20.8. The number of carbonyl (C=O) groups is 1. The predicted molar refractivity (Wildman–Crippen MR) is 163 cm³/mol. The van der Waals surface area contributed by atoms with Crippen molar-refractivity contribution in [3.8, 4) is 22.6 Å². The monoisotopic (exact) mass is 655 g/mol. The van der Waals surface area contributed by atoms with Crippen LogP contribution in [-0.2, 0) is 17.1 Å². The smallest absolute Gasteiger partial charge is 0.416 e. The van der Waals surface area contributed by atoms with Gasteiger partial charge in [0, 0.05) is 30.4 Å². The van der Waals surface area contributed by atoms with Crippen molar-refractivity contribution in [3.63, 3.8) is 0 Å². The highest BCUT2D eigenvalue weighted by Gasteiger charge is 2.38. The minimum atomic E-state index is -4.95. The lowest BCUT2D eigenvalue weighted by Crippen LogP contribution is -2.35. The Morgan fingerprint density at radius 1 is 0.889 bits per heavy atom. The van der Waals surface area contributed by atoms with Gasteiger partial charge in [-0.2, -0.15) is 39.8 Å². The number of carboxylic acid groups (broad SMARTS) is 1. The van der Waals surface area contributed by atoms with Crippen LogP contribution in [0.15, 0.2) is 60.7 Å². The summed E-state index contributed by atoms with van der Waals surface area (Å²) in [6, 6.07) is 13.8. The van der Waals surface area contributed by atoms with Gasteiger partial charge in [0.25, 0.3) is 0 Å². The van der Waals surface area contributed by atoms with Crippen LogP contribution in [0.3, 0.4) is 0 Å². The highest BCUT2D eigenvalue weighted by Crippen LogP contribution is 2.45. The van der Waals surface area contributed by atoms with E-state index in [2.05, 4.69) is 0 Å². The van der Waals surface area contributed by atoms with E-state index in [0.717, 1.165) is 30.5 Å². The summed E-state index contributed by atoms with van der Waals surface area (Å²) in [5.41, 5.74) is -1.21. The normalized spacial score (nSPS) is 16.6. The van der Waals surface area contributed by atoms with Crippen LogP contribution in [0.4, 0.5) is 32.0 Å². The molecule has 2 fully saturated rings. The van der Waals surface area contributed by atoms with Gasteiger partial charge in [0.2, 0.25) is 0 Å². The number of hydrogen-bond acceptors (Lipinski definition) is 4. The lowest BCUT2D eigenvalue weighted by atomic mass is 9.91. The van der Waals surface area contributed by atoms with E-state index in [1.807, 2.05) is 29.2 Å². The van der Waals surface area contributed by atoms with Gasteiger partial charge in [-0.15, -0.1) is 0 Å². The Labute approximate surface area is 264 Å². The molecule has 12 heteroatoms. The van der Waals surface area contributed by atoms with Crippen LogP contribution >= 0.6 is 13.5 Å². The van der Waals surface area contributed by atoms with Crippen molar-refractivity contribution in [3.05, 3.63) is 77.4 Å². The molecule has 0 unspecified atom stereocenters. The Morgan fingerprint density at radius 2 is 1.53 bits per heavy atom. The molecule has 3 aromatic rings. The molecule has 1 atom stereocenters. The van der Waals surface area contributed by atoms with Gasteiger partial charge < -0.3 is 19.5 Å². The summed E-state index contributed by atoms with van der Waals surface area (Å²) < 4.78 is 92.9. The lowest BCUT2D eigenvalue weighted by Gasteiger charge is -2.35. The number of halogens is 6. The number of piperidine rings is 1. The molecule has 0 spiro atoms. The molecule has 1 aliphatic heterocycles. The predicted octanol–water partition coefficient (Wildman–Crippen LogP) is 8.78. The number of anilines is 1. The van der Waals surface area contributed by atoms with Crippen molar-refractivity contribution in [1.82, 2.24) is 0 Å². The van der Waals surface area contributed by atoms with E-state index in [4.69, 9.17) is 9.47 Å². The van der Waals surface area contributed by atoms with E-state index in [1.54, 1.807) is 6.07 Å². The molecule has 1 heterocycles. The van der Waals surface area contributed by atoms with E-state index in [0.29, 0.717) is 55.6 Å². The van der Waals surface area contributed by atoms with Crippen molar-refractivity contribution < 1.29 is 45.7 Å². The second-order valence-electron chi connectivity index (χ2n) is 11.5. The number of carboxylic acids is 1. The molecule has 5 rings (SSSR count). The molecule has 3 aromatic carbocycles. The average Bonchev–Trinajstić information content (AvgIpc) is 3.83. The Balaban J connectivity index is 0.00000461. The van der Waals surface area contributed by atoms with E-state index >= 15 is 0 Å². The second-order valence-corrected chi connectivity index (χ2v) is 11.5. The van der Waals surface area contributed by atoms with Gasteiger partial charge in [0.1, 0.15) is 11.5 Å². The van der Waals surface area contributed by atoms with Crippen LogP contribution in [0.25, 0.3) is 11.1 Å². The maximum absolute atomic E-state index is 13.6. The number of aliphatic carboxylic acids is 1. The molecule has 0 aromatic heterocycles. The maximum Gasteiger partial charge on any atom is 0.416 e. The first kappa shape index (κ1) is 34.3. The standard InChI is InChI=1S/C33H33F6NO4.H2S/c1-43-26-7-8-28(23-13-24(32(34,35)36)16-25(14-23)33(37,38)39)30(17-26)40-11-9-20(10-12-40)19-44-27-4-2-3-22(15-27)29(18-31(41)42)21-5-6-21;/h2-4,7-8,13-17,20-21,29H,5-6,9-12,18-19H2,1H3,(H,41,42);1H2/t29-;/m0./s1. The zero-order valence-corrected chi connectivity index (χ0v) is 25.5. The largest absolute Gasteiger partial charge is 0.497 e. The van der Waals surface area contributed by atoms with Crippen LogP contribution in [0.5, 0.6) is 11.5 Å². The molecule has 0 radical (unpaired) electrons. The fraction of sp³-hybridized carbons (Fsp3) is 0.424. The number of alkyl halides is 6. The van der Waals surface area contributed by atoms with Gasteiger partial charge in [-0.25, -0.2) is 0 Å². The lowest BCUT2D eigenvalue weighted by molar-refractivity contribution is -0.143. The van der Waals surface area contributed by atoms with Gasteiger partial charge >= 0.3 is 18.3 Å². The molecule has 0 bridgehead atoms. The molecule has 1 saturated carbocycles. The number of methoxy groups -OCH3 is 1. The number of hydrogen-bond donors (Lipinski definition) is 1. The Bertz CT molecular complexity index is 1450. The van der Waals surface area contributed by atoms with Crippen LogP contribution in [0.2, 0.25) is 0 Å². The summed E-state index contributed by atoms with van der Waals surface area (Å²) in [6.07, 6.45) is -6.39. The van der Waals surface area contributed by atoms with E-state index in [9.17, 15) is 36.2 Å². The van der Waals surface area contributed by atoms with Crippen LogP contribution in [0.1, 0.15) is 54.7 Å². The maximum atomic E-state index is 13.6. The van der Waals surface area contributed by atoms with E-state index < -0.39 is 29.4 Å². The minimum Gasteiger partial charge on any atom is -0.497 e. The molecule has 1 saturated heterocycles. The SMILES string of the molecule is COc1ccc(-c2cc(C(F)(F)F)cc(C(F)(F)F)c2)c(N2CCC(COc3cccc([C@@H](CC(=O)O)C4CC4)c3)CC2)c1.S. The third kappa shape index (κ3) is 8.59. The van der Waals surface area contributed by atoms with Crippen LogP contribution in [-0.4, -0.2) is 37.9 Å². The van der Waals surface area contributed by atoms with E-state index in [-0.39, 0.29) is 48.9 Å². The van der Waals surface area contributed by atoms with Crippen LogP contribution < -0.4 is 14.4 Å². The zero-order valence-electron chi connectivity index (χ0n) is 24.5. The molecule has 244 valence electrons. The fourth-order valence-corrected chi connectivity index (χ4v) is 5.89. The van der Waals surface area contributed by atoms with Crippen molar-refractivity contribution in [1.29, 1.82) is 0 Å². The molecule has 1 aliphatic carbocycles. The summed E-state index contributed by atoms with van der Waals surface area (Å²) >= 11 is 0. The fourth-order valence-electron chi connectivity index (χ4n) is 5.89. The van der Waals surface area contributed by atoms with E-state index in [1.165, 1.54) is 19.2 Å². The number of nitrogens with zero attached hydrogens (tertiary/aromatic N) is 1. The molecule has 2 aliphatic rings. The molecule has 1 N–H and O–H groups in total. The third-order valence-electron chi connectivity index (χ3n) is 8.42. The summed E-state index contributed by atoms with van der Waals surface area (Å²) in [5.74, 6) is 0.787. The van der Waals surface area contributed by atoms with Crippen molar-refractivity contribution in [2.75, 3.05) is 31.7 Å². The summed E-state index contributed by atoms with van der Waals surface area (Å²) in [7, 11) is 1.44. The van der Waals surface area contributed by atoms with Gasteiger partial charge in [-0.3, -0.25) is 4.79 Å². The van der Waals surface area contributed by atoms with Gasteiger partial charge in [0.15, 0.2) is 0 Å². The number of ether oxygens (including phenoxy) is 2. The van der Waals surface area contributed by atoms with Gasteiger partial charge in [-0.05, 0) is 97.0 Å². The number of benzene rings is 3. The molecule has 45 heavy (non-hydrogen) atoms. The number of rotatable bonds is 10. The molecular formula is C33H35F6NO4S.